The van der Waals surface area contributed by atoms with Crippen molar-refractivity contribution in [3.63, 3.8) is 0 Å². The van der Waals surface area contributed by atoms with Crippen LogP contribution in [-0.4, -0.2) is 58.6 Å². The maximum atomic E-state index is 12.9. The fourth-order valence-corrected chi connectivity index (χ4v) is 4.08. The summed E-state index contributed by atoms with van der Waals surface area (Å²) in [6.07, 6.45) is 0.0652. The van der Waals surface area contributed by atoms with Gasteiger partial charge in [-0.2, -0.15) is 0 Å². The van der Waals surface area contributed by atoms with Crippen molar-refractivity contribution in [1.82, 2.24) is 15.8 Å². The van der Waals surface area contributed by atoms with Crippen LogP contribution in [-0.2, 0) is 14.3 Å². The lowest BCUT2D eigenvalue weighted by molar-refractivity contribution is -0.148. The number of carbonyl (C=O) groups is 2. The molecule has 24 heavy (non-hydrogen) atoms. The third kappa shape index (κ3) is 3.19. The highest BCUT2D eigenvalue weighted by molar-refractivity contribution is 9.09. The van der Waals surface area contributed by atoms with Crippen LogP contribution < -0.4 is 10.9 Å². The Balaban J connectivity index is 1.74. The summed E-state index contributed by atoms with van der Waals surface area (Å²) in [7, 11) is 1.53. The summed E-state index contributed by atoms with van der Waals surface area (Å²) < 4.78 is 5.25. The van der Waals surface area contributed by atoms with Gasteiger partial charge in [-0.05, 0) is 5.56 Å². The molecule has 0 bridgehead atoms. The number of benzene rings is 1. The van der Waals surface area contributed by atoms with E-state index in [0.717, 1.165) is 5.56 Å². The Morgan fingerprint density at radius 2 is 2.00 bits per heavy atom. The molecule has 3 N–H and O–H groups in total. The number of hydrogen-bond acceptors (Lipinski definition) is 5. The summed E-state index contributed by atoms with van der Waals surface area (Å²) in [5, 5.41) is 9.39. The van der Waals surface area contributed by atoms with Gasteiger partial charge < -0.3 is 14.7 Å². The van der Waals surface area contributed by atoms with Crippen molar-refractivity contribution >= 4 is 27.8 Å². The molecule has 0 spiro atoms. The Bertz CT molecular complexity index is 615. The smallest absolute Gasteiger partial charge is 0.326 e. The van der Waals surface area contributed by atoms with E-state index in [4.69, 9.17) is 4.74 Å². The zero-order valence-electron chi connectivity index (χ0n) is 13.2. The minimum Gasteiger partial charge on any atom is -0.480 e. The van der Waals surface area contributed by atoms with Gasteiger partial charge in [0.1, 0.15) is 12.1 Å². The molecule has 0 saturated carbocycles. The molecule has 0 aliphatic carbocycles. The second-order valence-corrected chi connectivity index (χ2v) is 7.09. The number of hydrazine groups is 1. The van der Waals surface area contributed by atoms with E-state index < -0.39 is 18.1 Å². The average Bonchev–Trinajstić information content (AvgIpc) is 3.19. The van der Waals surface area contributed by atoms with Gasteiger partial charge in [-0.1, -0.05) is 46.3 Å². The number of halogens is 1. The van der Waals surface area contributed by atoms with Gasteiger partial charge in [0.05, 0.1) is 17.0 Å². The molecule has 2 fully saturated rings. The van der Waals surface area contributed by atoms with E-state index in [9.17, 15) is 14.7 Å². The van der Waals surface area contributed by atoms with Crippen LogP contribution in [0.3, 0.4) is 0 Å². The zero-order chi connectivity index (χ0) is 17.3. The van der Waals surface area contributed by atoms with Gasteiger partial charge in [-0.3, -0.25) is 4.79 Å². The minimum atomic E-state index is -1.00. The average molecular weight is 398 g/mol. The number of likely N-dealkylation sites (tertiary alicyclic amines) is 1. The molecule has 2 saturated heterocycles. The standard InChI is InChI=1S/C16H20BrN3O4/c1-24-10-7-11(16(22)23)20(8-10)15(21)14-12(17)13(18-19-14)9-5-3-2-4-6-9/h2-6,10-14,18-19H,7-8H2,1H3,(H,22,23). The quantitative estimate of drug-likeness (QED) is 0.646. The van der Waals surface area contributed by atoms with Crippen LogP contribution in [0.25, 0.3) is 0 Å². The van der Waals surface area contributed by atoms with E-state index in [0.29, 0.717) is 13.0 Å². The highest BCUT2D eigenvalue weighted by Crippen LogP contribution is 2.31. The molecule has 1 amide bonds. The third-order valence-corrected chi connectivity index (χ3v) is 5.68. The first-order valence-corrected chi connectivity index (χ1v) is 8.70. The predicted molar refractivity (Wildman–Crippen MR) is 90.5 cm³/mol. The van der Waals surface area contributed by atoms with Gasteiger partial charge in [-0.15, -0.1) is 0 Å². The first-order valence-electron chi connectivity index (χ1n) is 7.79. The lowest BCUT2D eigenvalue weighted by Gasteiger charge is -2.26. The molecule has 130 valence electrons. The van der Waals surface area contributed by atoms with Crippen molar-refractivity contribution < 1.29 is 19.4 Å². The van der Waals surface area contributed by atoms with Crippen LogP contribution in [0.4, 0.5) is 0 Å². The molecule has 0 radical (unpaired) electrons. The largest absolute Gasteiger partial charge is 0.480 e. The third-order valence-electron chi connectivity index (χ3n) is 4.62. The summed E-state index contributed by atoms with van der Waals surface area (Å²) >= 11 is 3.59. The monoisotopic (exact) mass is 397 g/mol. The normalized spacial score (nSPS) is 32.9. The summed E-state index contributed by atoms with van der Waals surface area (Å²) in [5.74, 6) is -1.24. The van der Waals surface area contributed by atoms with E-state index in [-0.39, 0.29) is 22.9 Å². The molecule has 5 atom stereocenters. The molecule has 2 aliphatic rings. The summed E-state index contributed by atoms with van der Waals surface area (Å²) in [6, 6.07) is 8.31. The molecule has 3 rings (SSSR count). The molecule has 1 aromatic carbocycles. The number of nitrogens with one attached hydrogen (secondary N) is 2. The van der Waals surface area contributed by atoms with Crippen molar-refractivity contribution in [2.75, 3.05) is 13.7 Å². The van der Waals surface area contributed by atoms with Crippen LogP contribution in [0.5, 0.6) is 0 Å². The molecule has 8 heteroatoms. The predicted octanol–water partition coefficient (Wildman–Crippen LogP) is 0.668. The van der Waals surface area contributed by atoms with Gasteiger partial charge in [0.2, 0.25) is 5.91 Å². The molecular weight excluding hydrogens is 378 g/mol. The zero-order valence-corrected chi connectivity index (χ0v) is 14.8. The Labute approximate surface area is 148 Å². The number of methoxy groups -OCH3 is 1. The fourth-order valence-electron chi connectivity index (χ4n) is 3.28. The van der Waals surface area contributed by atoms with Gasteiger partial charge in [0.25, 0.3) is 0 Å². The van der Waals surface area contributed by atoms with Crippen molar-refractivity contribution in [2.45, 2.75) is 35.5 Å². The molecular formula is C16H20BrN3O4. The highest BCUT2D eigenvalue weighted by Gasteiger charge is 2.46. The SMILES string of the molecule is COC1CC(C(=O)O)N(C(=O)C2NNC(c3ccccc3)C2Br)C1. The van der Waals surface area contributed by atoms with Crippen LogP contribution in [0, 0.1) is 0 Å². The first-order chi connectivity index (χ1) is 11.5. The van der Waals surface area contributed by atoms with Crippen molar-refractivity contribution in [3.8, 4) is 0 Å². The van der Waals surface area contributed by atoms with E-state index in [2.05, 4.69) is 26.8 Å². The molecule has 2 heterocycles. The second kappa shape index (κ2) is 7.18. The minimum absolute atomic E-state index is 0.0794. The number of carbonyl (C=O) groups excluding carboxylic acids is 1. The van der Waals surface area contributed by atoms with Crippen LogP contribution >= 0.6 is 15.9 Å². The fraction of sp³-hybridized carbons (Fsp3) is 0.500. The Kier molecular flexibility index (Phi) is 5.19. The maximum Gasteiger partial charge on any atom is 0.326 e. The summed E-state index contributed by atoms with van der Waals surface area (Å²) in [4.78, 5) is 25.6. The number of nitrogens with zero attached hydrogens (tertiary/aromatic N) is 1. The Morgan fingerprint density at radius 3 is 2.62 bits per heavy atom. The van der Waals surface area contributed by atoms with Crippen molar-refractivity contribution in [1.29, 1.82) is 0 Å². The Morgan fingerprint density at radius 1 is 1.29 bits per heavy atom. The number of amides is 1. The highest BCUT2D eigenvalue weighted by atomic mass is 79.9. The summed E-state index contributed by atoms with van der Waals surface area (Å²) in [6.45, 7) is 0.292. The van der Waals surface area contributed by atoms with Crippen LogP contribution in [0.2, 0.25) is 0 Å². The Hall–Kier alpha value is -1.48. The molecule has 7 nitrogen and oxygen atoms in total. The van der Waals surface area contributed by atoms with E-state index in [1.54, 1.807) is 0 Å². The van der Waals surface area contributed by atoms with E-state index in [1.807, 2.05) is 30.3 Å². The maximum absolute atomic E-state index is 12.9. The van der Waals surface area contributed by atoms with E-state index in [1.165, 1.54) is 12.0 Å². The van der Waals surface area contributed by atoms with Crippen molar-refractivity contribution in [3.05, 3.63) is 35.9 Å². The van der Waals surface area contributed by atoms with Gasteiger partial charge in [0, 0.05) is 20.1 Å². The number of aliphatic carboxylic acids is 1. The lowest BCUT2D eigenvalue weighted by atomic mass is 10.0. The van der Waals surface area contributed by atoms with Gasteiger partial charge in [0.15, 0.2) is 0 Å². The first kappa shape index (κ1) is 17.3. The number of alkyl halides is 1. The molecule has 0 aromatic heterocycles. The van der Waals surface area contributed by atoms with Crippen LogP contribution in [0.15, 0.2) is 30.3 Å². The van der Waals surface area contributed by atoms with Crippen molar-refractivity contribution in [2.24, 2.45) is 0 Å². The van der Waals surface area contributed by atoms with E-state index >= 15 is 0 Å². The molecule has 1 aromatic rings. The topological polar surface area (TPSA) is 90.9 Å². The van der Waals surface area contributed by atoms with Crippen LogP contribution in [0.1, 0.15) is 18.0 Å². The van der Waals surface area contributed by atoms with Gasteiger partial charge in [-0.25, -0.2) is 15.6 Å². The number of rotatable bonds is 4. The lowest BCUT2D eigenvalue weighted by Crippen LogP contribution is -2.51. The molecule has 2 aliphatic heterocycles. The second-order valence-electron chi connectivity index (χ2n) is 6.04. The van der Waals surface area contributed by atoms with Gasteiger partial charge >= 0.3 is 5.97 Å². The number of ether oxygens (including phenoxy) is 1. The molecule has 5 unspecified atom stereocenters. The number of hydrogen-bond donors (Lipinski definition) is 3. The number of carboxylic acids is 1. The summed E-state index contributed by atoms with van der Waals surface area (Å²) in [5.41, 5.74) is 7.17. The number of carboxylic acid groups (broad SMARTS) is 1.